The Labute approximate surface area is 217 Å². The van der Waals surface area contributed by atoms with Crippen LogP contribution >= 0.6 is 0 Å². The van der Waals surface area contributed by atoms with Crippen LogP contribution in [0.15, 0.2) is 91.1 Å². The highest BCUT2D eigenvalue weighted by Crippen LogP contribution is 2.28. The van der Waals surface area contributed by atoms with Crippen molar-refractivity contribution in [1.29, 1.82) is 0 Å². The molecule has 4 aromatic rings. The van der Waals surface area contributed by atoms with Crippen LogP contribution in [0.25, 0.3) is 17.0 Å². The van der Waals surface area contributed by atoms with E-state index in [1.807, 2.05) is 84.5 Å². The fourth-order valence-electron chi connectivity index (χ4n) is 4.08. The lowest BCUT2D eigenvalue weighted by molar-refractivity contribution is -0.137. The van der Waals surface area contributed by atoms with Crippen molar-refractivity contribution in [1.82, 2.24) is 9.47 Å². The number of carbonyl (C=O) groups excluding carboxylic acids is 2. The molecule has 0 unspecified atom stereocenters. The van der Waals surface area contributed by atoms with Gasteiger partial charge in [0.25, 0.3) is 0 Å². The van der Waals surface area contributed by atoms with Crippen LogP contribution in [-0.2, 0) is 33.9 Å². The van der Waals surface area contributed by atoms with Crippen molar-refractivity contribution in [2.75, 3.05) is 20.2 Å². The molecule has 1 heterocycles. The molecule has 0 N–H and O–H groups in total. The second-order valence-corrected chi connectivity index (χ2v) is 8.80. The summed E-state index contributed by atoms with van der Waals surface area (Å²) in [6, 6.07) is 25.9. The maximum atomic E-state index is 13.1. The predicted octanol–water partition coefficient (Wildman–Crippen LogP) is 5.50. The summed E-state index contributed by atoms with van der Waals surface area (Å²) in [4.78, 5) is 26.8. The number of fused-ring (bicyclic) bond motifs is 1. The Kier molecular flexibility index (Phi) is 8.76. The van der Waals surface area contributed by atoms with Crippen molar-refractivity contribution in [3.05, 3.63) is 108 Å². The van der Waals surface area contributed by atoms with Gasteiger partial charge in [-0.3, -0.25) is 4.79 Å². The lowest BCUT2D eigenvalue weighted by atomic mass is 10.1. The number of aromatic nitrogens is 1. The van der Waals surface area contributed by atoms with Crippen LogP contribution in [0.4, 0.5) is 0 Å². The van der Waals surface area contributed by atoms with E-state index in [1.165, 1.54) is 11.6 Å². The van der Waals surface area contributed by atoms with Crippen molar-refractivity contribution in [2.24, 2.45) is 0 Å². The van der Waals surface area contributed by atoms with Crippen LogP contribution in [0.3, 0.4) is 0 Å². The number of nitrogens with zero attached hydrogens (tertiary/aromatic N) is 2. The summed E-state index contributed by atoms with van der Waals surface area (Å²) in [5.74, 6) is 0.314. The molecule has 37 heavy (non-hydrogen) atoms. The first-order valence-corrected chi connectivity index (χ1v) is 12.5. The molecule has 1 aromatic heterocycles. The number of esters is 1. The molecule has 0 saturated carbocycles. The van der Waals surface area contributed by atoms with E-state index < -0.39 is 5.97 Å². The van der Waals surface area contributed by atoms with Gasteiger partial charge >= 0.3 is 5.97 Å². The summed E-state index contributed by atoms with van der Waals surface area (Å²) in [6.07, 6.45) is 5.83. The minimum Gasteiger partial charge on any atom is -0.489 e. The van der Waals surface area contributed by atoms with Crippen molar-refractivity contribution in [3.63, 3.8) is 0 Å². The first-order chi connectivity index (χ1) is 18.0. The Morgan fingerprint density at radius 2 is 1.65 bits per heavy atom. The summed E-state index contributed by atoms with van der Waals surface area (Å²) in [6.45, 7) is 3.34. The minimum atomic E-state index is -0.400. The molecule has 190 valence electrons. The molecule has 0 radical (unpaired) electrons. The third kappa shape index (κ3) is 7.10. The van der Waals surface area contributed by atoms with Gasteiger partial charge in [-0.25, -0.2) is 4.79 Å². The van der Waals surface area contributed by atoms with Crippen LogP contribution in [0, 0.1) is 0 Å². The molecule has 0 fully saturated rings. The maximum Gasteiger partial charge on any atom is 0.330 e. The van der Waals surface area contributed by atoms with E-state index in [9.17, 15) is 9.59 Å². The molecule has 0 saturated heterocycles. The third-order valence-electron chi connectivity index (χ3n) is 6.13. The number of hydrogen-bond donors (Lipinski definition) is 0. The van der Waals surface area contributed by atoms with E-state index in [0.717, 1.165) is 28.5 Å². The normalized spacial score (nSPS) is 11.1. The van der Waals surface area contributed by atoms with E-state index in [4.69, 9.17) is 9.47 Å². The molecule has 6 nitrogen and oxygen atoms in total. The molecule has 4 rings (SSSR count). The van der Waals surface area contributed by atoms with E-state index >= 15 is 0 Å². The van der Waals surface area contributed by atoms with Gasteiger partial charge in [0, 0.05) is 42.9 Å². The second kappa shape index (κ2) is 12.6. The molecule has 0 spiro atoms. The van der Waals surface area contributed by atoms with Gasteiger partial charge in [0.1, 0.15) is 18.9 Å². The second-order valence-electron chi connectivity index (χ2n) is 8.80. The Balaban J connectivity index is 1.54. The largest absolute Gasteiger partial charge is 0.489 e. The van der Waals surface area contributed by atoms with Gasteiger partial charge in [-0.1, -0.05) is 60.7 Å². The van der Waals surface area contributed by atoms with Crippen LogP contribution in [-0.4, -0.2) is 41.5 Å². The topological polar surface area (TPSA) is 60.8 Å². The highest BCUT2D eigenvalue weighted by Gasteiger charge is 2.15. The van der Waals surface area contributed by atoms with Crippen molar-refractivity contribution in [2.45, 2.75) is 26.5 Å². The number of likely N-dealkylation sites (N-methyl/N-ethyl adjacent to an activating group) is 1. The summed E-state index contributed by atoms with van der Waals surface area (Å²) < 4.78 is 13.0. The Morgan fingerprint density at radius 3 is 2.35 bits per heavy atom. The predicted molar refractivity (Wildman–Crippen MR) is 146 cm³/mol. The van der Waals surface area contributed by atoms with Crippen LogP contribution in [0.1, 0.15) is 23.6 Å². The number of ether oxygens (including phenoxy) is 2. The quantitative estimate of drug-likeness (QED) is 0.203. The van der Waals surface area contributed by atoms with Crippen LogP contribution in [0.5, 0.6) is 5.75 Å². The number of rotatable bonds is 11. The lowest BCUT2D eigenvalue weighted by Gasteiger charge is -2.18. The van der Waals surface area contributed by atoms with Gasteiger partial charge in [-0.05, 0) is 42.7 Å². The molecule has 6 heteroatoms. The van der Waals surface area contributed by atoms with Crippen molar-refractivity contribution >= 4 is 28.9 Å². The standard InChI is InChI=1S/C31H32N2O4/c1-3-36-31(35)17-14-26-21-33(22-30(34)32(2)19-18-24-10-6-4-7-11-24)29-20-27(15-16-28(26)29)37-23-25-12-8-5-9-13-25/h4-17,20-21H,3,18-19,22-23H2,1-2H3. The lowest BCUT2D eigenvalue weighted by Crippen LogP contribution is -2.31. The number of carbonyl (C=O) groups is 2. The first-order valence-electron chi connectivity index (χ1n) is 12.5. The average molecular weight is 497 g/mol. The minimum absolute atomic E-state index is 0.00404. The maximum absolute atomic E-state index is 13.1. The highest BCUT2D eigenvalue weighted by atomic mass is 16.5. The third-order valence-corrected chi connectivity index (χ3v) is 6.13. The number of benzene rings is 3. The summed E-state index contributed by atoms with van der Waals surface area (Å²) >= 11 is 0. The summed E-state index contributed by atoms with van der Waals surface area (Å²) in [7, 11) is 1.83. The average Bonchev–Trinajstić information content (AvgIpc) is 3.27. The van der Waals surface area contributed by atoms with Crippen molar-refractivity contribution < 1.29 is 19.1 Å². The Morgan fingerprint density at radius 1 is 0.946 bits per heavy atom. The SMILES string of the molecule is CCOC(=O)C=Cc1cn(CC(=O)N(C)CCc2ccccc2)c2cc(OCc3ccccc3)ccc12. The zero-order valence-electron chi connectivity index (χ0n) is 21.3. The van der Waals surface area contributed by atoms with Gasteiger partial charge in [-0.15, -0.1) is 0 Å². The van der Waals surface area contributed by atoms with Crippen LogP contribution < -0.4 is 4.74 Å². The molecule has 1 amide bonds. The van der Waals surface area contributed by atoms with Gasteiger partial charge in [-0.2, -0.15) is 0 Å². The fraction of sp³-hybridized carbons (Fsp3) is 0.226. The van der Waals surface area contributed by atoms with E-state index in [-0.39, 0.29) is 12.5 Å². The Hall–Kier alpha value is -4.32. The van der Waals surface area contributed by atoms with Gasteiger partial charge in [0.2, 0.25) is 5.91 Å². The molecule has 0 aliphatic carbocycles. The van der Waals surface area contributed by atoms with Gasteiger partial charge in [0.15, 0.2) is 0 Å². The molecular formula is C31H32N2O4. The van der Waals surface area contributed by atoms with E-state index in [1.54, 1.807) is 17.9 Å². The van der Waals surface area contributed by atoms with E-state index in [0.29, 0.717) is 25.5 Å². The number of hydrogen-bond acceptors (Lipinski definition) is 4. The highest BCUT2D eigenvalue weighted by molar-refractivity contribution is 5.95. The summed E-state index contributed by atoms with van der Waals surface area (Å²) in [5.41, 5.74) is 3.96. The van der Waals surface area contributed by atoms with Gasteiger partial charge < -0.3 is 18.9 Å². The van der Waals surface area contributed by atoms with Crippen LogP contribution in [0.2, 0.25) is 0 Å². The Bertz CT molecular complexity index is 1360. The molecule has 3 aromatic carbocycles. The smallest absolute Gasteiger partial charge is 0.330 e. The fourth-order valence-corrected chi connectivity index (χ4v) is 4.08. The number of amides is 1. The molecular weight excluding hydrogens is 464 g/mol. The molecule has 0 aliphatic heterocycles. The first kappa shape index (κ1) is 25.8. The molecule has 0 atom stereocenters. The summed E-state index contributed by atoms with van der Waals surface area (Å²) in [5, 5.41) is 0.923. The monoisotopic (exact) mass is 496 g/mol. The van der Waals surface area contributed by atoms with E-state index in [2.05, 4.69) is 12.1 Å². The zero-order chi connectivity index (χ0) is 26.0. The van der Waals surface area contributed by atoms with Gasteiger partial charge in [0.05, 0.1) is 12.1 Å². The zero-order valence-corrected chi connectivity index (χ0v) is 21.3. The molecule has 0 bridgehead atoms. The van der Waals surface area contributed by atoms with Crippen molar-refractivity contribution in [3.8, 4) is 5.75 Å². The molecule has 0 aliphatic rings.